The van der Waals surface area contributed by atoms with Crippen molar-refractivity contribution in [3.8, 4) is 6.07 Å². The number of carbonyl (C=O) groups is 3. The second kappa shape index (κ2) is 8.05. The fourth-order valence-corrected chi connectivity index (χ4v) is 2.55. The van der Waals surface area contributed by atoms with Crippen LogP contribution in [0.2, 0.25) is 0 Å². The summed E-state index contributed by atoms with van der Waals surface area (Å²) in [5.41, 5.74) is -2.16. The van der Waals surface area contributed by atoms with Crippen molar-refractivity contribution in [3.05, 3.63) is 0 Å². The standard InChI is InChI=1S/C16H25N3O6/c1-5-24-12(20)16(10-17,11-8-19(9-11)14(22)23)6-7-18-13(21)25-15(2,3)4/h11H,5-9H2,1-4H3,(H,18,21)(H,22,23). The zero-order valence-corrected chi connectivity index (χ0v) is 15.0. The number of hydrogen-bond donors (Lipinski definition) is 2. The Kier molecular flexibility index (Phi) is 6.62. The average Bonchev–Trinajstić information content (AvgIpc) is 2.41. The van der Waals surface area contributed by atoms with Crippen LogP contribution in [0.1, 0.15) is 34.1 Å². The lowest BCUT2D eigenvalue weighted by atomic mass is 9.70. The topological polar surface area (TPSA) is 129 Å². The summed E-state index contributed by atoms with van der Waals surface area (Å²) < 4.78 is 10.1. The second-order valence-electron chi connectivity index (χ2n) is 6.87. The Morgan fingerprint density at radius 1 is 1.32 bits per heavy atom. The molecule has 1 fully saturated rings. The zero-order chi connectivity index (χ0) is 19.3. The van der Waals surface area contributed by atoms with E-state index in [1.807, 2.05) is 6.07 Å². The molecule has 9 heteroatoms. The third kappa shape index (κ3) is 5.24. The van der Waals surface area contributed by atoms with Crippen LogP contribution in [0.25, 0.3) is 0 Å². The highest BCUT2D eigenvalue weighted by molar-refractivity contribution is 5.81. The molecule has 0 aromatic carbocycles. The normalized spacial score (nSPS) is 16.8. The fraction of sp³-hybridized carbons (Fsp3) is 0.750. The maximum atomic E-state index is 12.4. The van der Waals surface area contributed by atoms with E-state index in [1.54, 1.807) is 27.7 Å². The van der Waals surface area contributed by atoms with Gasteiger partial charge in [-0.15, -0.1) is 0 Å². The summed E-state index contributed by atoms with van der Waals surface area (Å²) in [6.07, 6.45) is -1.73. The predicted octanol–water partition coefficient (Wildman–Crippen LogP) is 1.58. The number of amides is 2. The SMILES string of the molecule is CCOC(=O)C(C#N)(CCNC(=O)OC(C)(C)C)C1CN(C(=O)O)C1. The van der Waals surface area contributed by atoms with Gasteiger partial charge in [0.1, 0.15) is 5.60 Å². The number of ether oxygens (including phenoxy) is 2. The summed E-state index contributed by atoms with van der Waals surface area (Å²) in [6, 6.07) is 2.00. The lowest BCUT2D eigenvalue weighted by Gasteiger charge is -2.44. The highest BCUT2D eigenvalue weighted by Gasteiger charge is 2.53. The molecule has 1 unspecified atom stereocenters. The van der Waals surface area contributed by atoms with Crippen LogP contribution in [0.4, 0.5) is 9.59 Å². The van der Waals surface area contributed by atoms with Gasteiger partial charge < -0.3 is 24.8 Å². The van der Waals surface area contributed by atoms with Crippen molar-refractivity contribution in [2.75, 3.05) is 26.2 Å². The molecule has 0 saturated carbocycles. The Hall–Kier alpha value is -2.50. The van der Waals surface area contributed by atoms with Crippen molar-refractivity contribution in [2.24, 2.45) is 11.3 Å². The maximum absolute atomic E-state index is 12.4. The van der Waals surface area contributed by atoms with Crippen molar-refractivity contribution < 1.29 is 29.0 Å². The van der Waals surface area contributed by atoms with Crippen LogP contribution in [0, 0.1) is 22.7 Å². The van der Waals surface area contributed by atoms with Gasteiger partial charge in [-0.3, -0.25) is 4.79 Å². The minimum Gasteiger partial charge on any atom is -0.465 e. The molecule has 0 spiro atoms. The smallest absolute Gasteiger partial charge is 0.407 e. The lowest BCUT2D eigenvalue weighted by Crippen LogP contribution is -2.59. The third-order valence-electron chi connectivity index (χ3n) is 3.88. The van der Waals surface area contributed by atoms with Crippen molar-refractivity contribution in [1.29, 1.82) is 5.26 Å². The fourth-order valence-electron chi connectivity index (χ4n) is 2.55. The van der Waals surface area contributed by atoms with Gasteiger partial charge in [-0.05, 0) is 34.1 Å². The number of esters is 1. The molecule has 1 saturated heterocycles. The molecule has 25 heavy (non-hydrogen) atoms. The van der Waals surface area contributed by atoms with Gasteiger partial charge in [-0.1, -0.05) is 0 Å². The lowest BCUT2D eigenvalue weighted by molar-refractivity contribution is -0.158. The molecule has 0 radical (unpaired) electrons. The van der Waals surface area contributed by atoms with Gasteiger partial charge in [-0.2, -0.15) is 5.26 Å². The van der Waals surface area contributed by atoms with E-state index in [2.05, 4.69) is 5.32 Å². The first-order chi connectivity index (χ1) is 11.6. The van der Waals surface area contributed by atoms with Crippen LogP contribution in [-0.2, 0) is 14.3 Å². The zero-order valence-electron chi connectivity index (χ0n) is 15.0. The molecule has 2 amide bonds. The number of carboxylic acid groups (broad SMARTS) is 1. The summed E-state index contributed by atoms with van der Waals surface area (Å²) >= 11 is 0. The minimum absolute atomic E-state index is 0.0136. The molecule has 1 atom stereocenters. The Balaban J connectivity index is 2.76. The average molecular weight is 355 g/mol. The van der Waals surface area contributed by atoms with Crippen LogP contribution in [-0.4, -0.2) is 60.0 Å². The number of likely N-dealkylation sites (tertiary alicyclic amines) is 1. The van der Waals surface area contributed by atoms with Crippen molar-refractivity contribution in [2.45, 2.75) is 39.7 Å². The summed E-state index contributed by atoms with van der Waals surface area (Å²) in [5, 5.41) is 21.1. The Morgan fingerprint density at radius 2 is 1.92 bits per heavy atom. The number of hydrogen-bond acceptors (Lipinski definition) is 6. The Labute approximate surface area is 146 Å². The van der Waals surface area contributed by atoms with Gasteiger partial charge in [0.15, 0.2) is 5.41 Å². The number of carbonyl (C=O) groups excluding carboxylic acids is 2. The van der Waals surface area contributed by atoms with Crippen molar-refractivity contribution >= 4 is 18.2 Å². The van der Waals surface area contributed by atoms with Gasteiger partial charge in [0.25, 0.3) is 0 Å². The van der Waals surface area contributed by atoms with Crippen molar-refractivity contribution in [1.82, 2.24) is 10.2 Å². The molecular weight excluding hydrogens is 330 g/mol. The molecule has 0 aromatic heterocycles. The van der Waals surface area contributed by atoms with Gasteiger partial charge in [0.05, 0.1) is 12.7 Å². The molecule has 1 aliphatic heterocycles. The van der Waals surface area contributed by atoms with E-state index in [1.165, 1.54) is 0 Å². The number of alkyl carbamates (subject to hydrolysis) is 1. The molecule has 1 aliphatic rings. The highest BCUT2D eigenvalue weighted by atomic mass is 16.6. The van der Waals surface area contributed by atoms with Gasteiger partial charge in [-0.25, -0.2) is 9.59 Å². The van der Waals surface area contributed by atoms with Crippen LogP contribution in [0.3, 0.4) is 0 Å². The van der Waals surface area contributed by atoms with Crippen LogP contribution < -0.4 is 5.32 Å². The number of nitriles is 1. The summed E-state index contributed by atoms with van der Waals surface area (Å²) in [4.78, 5) is 36.1. The molecule has 1 rings (SSSR count). The highest BCUT2D eigenvalue weighted by Crippen LogP contribution is 2.38. The maximum Gasteiger partial charge on any atom is 0.407 e. The predicted molar refractivity (Wildman–Crippen MR) is 86.6 cm³/mol. The van der Waals surface area contributed by atoms with E-state index in [0.717, 1.165) is 4.90 Å². The summed E-state index contributed by atoms with van der Waals surface area (Å²) in [5.74, 6) is -1.17. The molecular formula is C16H25N3O6. The first kappa shape index (κ1) is 20.5. The minimum atomic E-state index is -1.50. The summed E-state index contributed by atoms with van der Waals surface area (Å²) in [7, 11) is 0. The Morgan fingerprint density at radius 3 is 2.36 bits per heavy atom. The van der Waals surface area contributed by atoms with E-state index in [9.17, 15) is 19.6 Å². The summed E-state index contributed by atoms with van der Waals surface area (Å²) in [6.45, 7) is 7.09. The van der Waals surface area contributed by atoms with E-state index in [0.29, 0.717) is 0 Å². The molecule has 0 aromatic rings. The van der Waals surface area contributed by atoms with Gasteiger partial charge >= 0.3 is 18.2 Å². The quantitative estimate of drug-likeness (QED) is 0.692. The van der Waals surface area contributed by atoms with Gasteiger partial charge in [0, 0.05) is 25.6 Å². The molecule has 1 heterocycles. The molecule has 9 nitrogen and oxygen atoms in total. The first-order valence-electron chi connectivity index (χ1n) is 8.09. The Bertz CT molecular complexity index is 559. The first-order valence-corrected chi connectivity index (χ1v) is 8.09. The molecule has 0 bridgehead atoms. The number of rotatable bonds is 6. The largest absolute Gasteiger partial charge is 0.465 e. The second-order valence-corrected chi connectivity index (χ2v) is 6.87. The van der Waals surface area contributed by atoms with E-state index >= 15 is 0 Å². The van der Waals surface area contributed by atoms with Crippen LogP contribution in [0.5, 0.6) is 0 Å². The molecule has 140 valence electrons. The van der Waals surface area contributed by atoms with Crippen molar-refractivity contribution in [3.63, 3.8) is 0 Å². The molecule has 0 aliphatic carbocycles. The van der Waals surface area contributed by atoms with E-state index in [-0.39, 0.29) is 32.7 Å². The molecule has 2 N–H and O–H groups in total. The van der Waals surface area contributed by atoms with E-state index < -0.39 is 35.1 Å². The van der Waals surface area contributed by atoms with Crippen LogP contribution >= 0.6 is 0 Å². The third-order valence-corrected chi connectivity index (χ3v) is 3.88. The number of nitrogens with zero attached hydrogens (tertiary/aromatic N) is 2. The number of nitrogens with one attached hydrogen (secondary N) is 1. The van der Waals surface area contributed by atoms with Crippen LogP contribution in [0.15, 0.2) is 0 Å². The van der Waals surface area contributed by atoms with E-state index in [4.69, 9.17) is 14.6 Å². The monoisotopic (exact) mass is 355 g/mol. The van der Waals surface area contributed by atoms with Gasteiger partial charge in [0.2, 0.25) is 0 Å².